The summed E-state index contributed by atoms with van der Waals surface area (Å²) in [7, 11) is 1.72. The first-order chi connectivity index (χ1) is 22.9. The molecular weight excluding hydrogens is 638 g/mol. The second kappa shape index (κ2) is 13.4. The van der Waals surface area contributed by atoms with Crippen molar-refractivity contribution in [1.82, 2.24) is 24.8 Å². The molecule has 1 aromatic carbocycles. The highest BCUT2D eigenvalue weighted by atomic mass is 32.1. The number of nitrogens with zero attached hydrogens (tertiary/aromatic N) is 6. The smallest absolute Gasteiger partial charge is 0.357 e. The summed E-state index contributed by atoms with van der Waals surface area (Å²) in [5.74, 6) is 1.08. The van der Waals surface area contributed by atoms with Gasteiger partial charge in [-0.25, -0.2) is 4.98 Å². The number of allylic oxidation sites excluding steroid dienone is 1. The summed E-state index contributed by atoms with van der Waals surface area (Å²) in [6.45, 7) is 12.8. The third kappa shape index (κ3) is 7.00. The van der Waals surface area contributed by atoms with Crippen LogP contribution in [0.4, 0.5) is 24.9 Å². The van der Waals surface area contributed by atoms with Gasteiger partial charge in [0.05, 0.1) is 11.8 Å². The lowest BCUT2D eigenvalue weighted by Gasteiger charge is -2.26. The van der Waals surface area contributed by atoms with E-state index in [4.69, 9.17) is 4.98 Å². The first-order valence-electron chi connectivity index (χ1n) is 16.4. The number of aryl methyl sites for hydroxylation is 2. The maximum atomic E-state index is 13.2. The van der Waals surface area contributed by atoms with E-state index in [0.717, 1.165) is 74.2 Å². The van der Waals surface area contributed by atoms with Gasteiger partial charge in [-0.15, -0.1) is 11.3 Å². The second-order valence-electron chi connectivity index (χ2n) is 13.2. The molecule has 0 saturated carbocycles. The van der Waals surface area contributed by atoms with Crippen LogP contribution in [-0.2, 0) is 24.3 Å². The number of amides is 1. The zero-order valence-electron chi connectivity index (χ0n) is 27.6. The van der Waals surface area contributed by atoms with E-state index in [1.54, 1.807) is 13.1 Å². The van der Waals surface area contributed by atoms with Crippen molar-refractivity contribution in [3.8, 4) is 6.07 Å². The molecule has 5 heterocycles. The zero-order valence-corrected chi connectivity index (χ0v) is 28.5. The molecule has 0 radical (unpaired) electrons. The minimum atomic E-state index is -4.28. The van der Waals surface area contributed by atoms with Crippen LogP contribution >= 0.6 is 11.3 Å². The van der Waals surface area contributed by atoms with E-state index < -0.39 is 12.6 Å². The zero-order chi connectivity index (χ0) is 34.2. The molecule has 1 atom stereocenters. The van der Waals surface area contributed by atoms with E-state index in [0.29, 0.717) is 52.8 Å². The average molecular weight is 679 g/mol. The van der Waals surface area contributed by atoms with Crippen LogP contribution in [0.3, 0.4) is 0 Å². The molecule has 0 aliphatic carbocycles. The molecule has 1 amide bonds. The Kier molecular flexibility index (Phi) is 9.42. The summed E-state index contributed by atoms with van der Waals surface area (Å²) in [5.41, 5.74) is 4.83. The Hall–Kier alpha value is -4.15. The maximum Gasteiger partial charge on any atom is 0.393 e. The molecule has 6 rings (SSSR count). The van der Waals surface area contributed by atoms with Crippen LogP contribution < -0.4 is 15.5 Å². The number of rotatable bonds is 11. The number of hydrogen-bond acceptors (Lipinski definition) is 8. The Morgan fingerprint density at radius 3 is 2.69 bits per heavy atom. The molecule has 2 saturated heterocycles. The fourth-order valence-electron chi connectivity index (χ4n) is 7.27. The SMILES string of the molecule is C=C(CCCn1c(C#N)cc2c(C)c(CN3CCC4(CCN(c5nc(NC)nc6sc(CC(F)(F)F)cc56)C4)C3)ccc21)NC(=O)CC. The number of benzene rings is 1. The molecule has 1 unspecified atom stereocenters. The summed E-state index contributed by atoms with van der Waals surface area (Å²) in [5, 5.41) is 17.5. The van der Waals surface area contributed by atoms with E-state index in [9.17, 15) is 23.2 Å². The number of nitrogens with one attached hydrogen (secondary N) is 2. The van der Waals surface area contributed by atoms with Gasteiger partial charge in [0, 0.05) is 73.1 Å². The summed E-state index contributed by atoms with van der Waals surface area (Å²) in [6.07, 6.45) is -1.40. The number of nitriles is 1. The molecule has 13 heteroatoms. The van der Waals surface area contributed by atoms with Gasteiger partial charge >= 0.3 is 6.18 Å². The molecule has 9 nitrogen and oxygen atoms in total. The van der Waals surface area contributed by atoms with Crippen LogP contribution in [-0.4, -0.2) is 64.7 Å². The fourth-order valence-corrected chi connectivity index (χ4v) is 8.32. The van der Waals surface area contributed by atoms with Crippen LogP contribution in [0.2, 0.25) is 0 Å². The fraction of sp³-hybridized carbons (Fsp3) is 0.486. The lowest BCUT2D eigenvalue weighted by atomic mass is 9.86. The summed E-state index contributed by atoms with van der Waals surface area (Å²) in [4.78, 5) is 26.4. The molecule has 1 spiro atoms. The van der Waals surface area contributed by atoms with Crippen molar-refractivity contribution in [2.24, 2.45) is 5.41 Å². The Morgan fingerprint density at radius 1 is 1.17 bits per heavy atom. The Balaban J connectivity index is 1.14. The monoisotopic (exact) mass is 678 g/mol. The van der Waals surface area contributed by atoms with E-state index >= 15 is 0 Å². The molecular formula is C35H41F3N8OS. The van der Waals surface area contributed by atoms with Crippen molar-refractivity contribution < 1.29 is 18.0 Å². The average Bonchev–Trinajstić information content (AvgIpc) is 3.83. The van der Waals surface area contributed by atoms with E-state index in [1.807, 2.05) is 13.0 Å². The normalized spacial score (nSPS) is 18.3. The van der Waals surface area contributed by atoms with Gasteiger partial charge in [0.2, 0.25) is 11.9 Å². The van der Waals surface area contributed by atoms with Gasteiger partial charge < -0.3 is 20.1 Å². The maximum absolute atomic E-state index is 13.2. The number of alkyl halides is 3. The number of carbonyl (C=O) groups excluding carboxylic acids is 1. The van der Waals surface area contributed by atoms with Crippen molar-refractivity contribution in [3.05, 3.63) is 58.2 Å². The van der Waals surface area contributed by atoms with Gasteiger partial charge in [0.15, 0.2) is 0 Å². The molecule has 4 aromatic rings. The lowest BCUT2D eigenvalue weighted by Crippen LogP contribution is -2.31. The number of halogens is 3. The predicted molar refractivity (Wildman–Crippen MR) is 184 cm³/mol. The van der Waals surface area contributed by atoms with Crippen molar-refractivity contribution >= 4 is 50.1 Å². The van der Waals surface area contributed by atoms with E-state index in [1.165, 1.54) is 11.1 Å². The molecule has 254 valence electrons. The molecule has 48 heavy (non-hydrogen) atoms. The number of likely N-dealkylation sites (tertiary alicyclic amines) is 1. The van der Waals surface area contributed by atoms with Crippen LogP contribution in [0.25, 0.3) is 21.1 Å². The summed E-state index contributed by atoms with van der Waals surface area (Å²) < 4.78 is 41.6. The molecule has 0 bridgehead atoms. The first kappa shape index (κ1) is 33.7. The number of fused-ring (bicyclic) bond motifs is 2. The minimum Gasteiger partial charge on any atom is -0.357 e. The van der Waals surface area contributed by atoms with Crippen LogP contribution in [0.1, 0.15) is 60.7 Å². The van der Waals surface area contributed by atoms with E-state index in [2.05, 4.69) is 61.7 Å². The highest BCUT2D eigenvalue weighted by molar-refractivity contribution is 7.18. The number of carbonyl (C=O) groups is 1. The molecule has 2 aliphatic rings. The Bertz CT molecular complexity index is 1910. The first-order valence-corrected chi connectivity index (χ1v) is 17.2. The van der Waals surface area contributed by atoms with Gasteiger partial charge in [0.25, 0.3) is 0 Å². The number of thiophene rings is 1. The van der Waals surface area contributed by atoms with Crippen molar-refractivity contribution in [2.75, 3.05) is 43.4 Å². The Labute approximate surface area is 282 Å². The molecule has 2 fully saturated rings. The highest BCUT2D eigenvalue weighted by Crippen LogP contribution is 2.44. The third-order valence-electron chi connectivity index (χ3n) is 9.75. The lowest BCUT2D eigenvalue weighted by molar-refractivity contribution is -0.126. The van der Waals surface area contributed by atoms with Gasteiger partial charge in [-0.1, -0.05) is 19.6 Å². The van der Waals surface area contributed by atoms with Crippen molar-refractivity contribution in [2.45, 2.75) is 71.6 Å². The number of anilines is 2. The van der Waals surface area contributed by atoms with E-state index in [-0.39, 0.29) is 16.2 Å². The Morgan fingerprint density at radius 2 is 1.96 bits per heavy atom. The minimum absolute atomic E-state index is 0.0449. The second-order valence-corrected chi connectivity index (χ2v) is 14.3. The van der Waals surface area contributed by atoms with Crippen molar-refractivity contribution in [3.63, 3.8) is 0 Å². The summed E-state index contributed by atoms with van der Waals surface area (Å²) >= 11 is 1.08. The quantitative estimate of drug-likeness (QED) is 0.178. The standard InChI is InChI=1S/C35H41F3N8OS/c1-5-30(47)41-22(2)7-6-12-46-25(18-39)15-27-23(3)24(8-9-29(27)46)19-44-13-10-34(20-44)11-14-45(21-34)31-28-16-26(17-35(36,37)38)48-32(28)43-33(40-4)42-31/h8-9,15-16H,2,5-7,10-14,17,19-21H2,1,3-4H3,(H,41,47)(H,40,42,43). The predicted octanol–water partition coefficient (Wildman–Crippen LogP) is 6.90. The third-order valence-corrected chi connectivity index (χ3v) is 10.8. The molecule has 3 aromatic heterocycles. The van der Waals surface area contributed by atoms with Gasteiger partial charge in [-0.3, -0.25) is 9.69 Å². The largest absolute Gasteiger partial charge is 0.393 e. The number of aromatic nitrogens is 3. The van der Waals surface area contributed by atoms with Gasteiger partial charge in [-0.05, 0) is 68.5 Å². The highest BCUT2D eigenvalue weighted by Gasteiger charge is 2.44. The topological polar surface area (TPSA) is 102 Å². The number of hydrogen-bond donors (Lipinski definition) is 2. The van der Waals surface area contributed by atoms with Crippen molar-refractivity contribution in [1.29, 1.82) is 5.26 Å². The van der Waals surface area contributed by atoms with Crippen LogP contribution in [0.15, 0.2) is 36.5 Å². The molecule has 2 aliphatic heterocycles. The van der Waals surface area contributed by atoms with Gasteiger partial charge in [-0.2, -0.15) is 23.4 Å². The van der Waals surface area contributed by atoms with Crippen LogP contribution in [0, 0.1) is 23.7 Å². The van der Waals surface area contributed by atoms with Gasteiger partial charge in [0.1, 0.15) is 22.4 Å². The van der Waals surface area contributed by atoms with Crippen LogP contribution in [0.5, 0.6) is 0 Å². The molecule has 2 N–H and O–H groups in total. The summed E-state index contributed by atoms with van der Waals surface area (Å²) in [6, 6.07) is 10.2.